The molecular formula is C11H24BrNS. The van der Waals surface area contributed by atoms with Gasteiger partial charge in [-0.3, -0.25) is 0 Å². The molecule has 0 saturated heterocycles. The SMILES string of the molecule is CCCCN(CCBr)CCCSCC. The third-order valence-electron chi connectivity index (χ3n) is 2.20. The number of rotatable bonds is 10. The molecule has 0 atom stereocenters. The minimum Gasteiger partial charge on any atom is -0.302 e. The molecule has 0 rings (SSSR count). The lowest BCUT2D eigenvalue weighted by atomic mass is 10.3. The standard InChI is InChI=1S/C11H24BrNS/c1-3-5-8-13(10-7-12)9-6-11-14-4-2/h3-11H2,1-2H3. The van der Waals surface area contributed by atoms with Gasteiger partial charge in [0.15, 0.2) is 0 Å². The van der Waals surface area contributed by atoms with E-state index in [1.165, 1.54) is 50.4 Å². The summed E-state index contributed by atoms with van der Waals surface area (Å²) in [5, 5.41) is 1.11. The van der Waals surface area contributed by atoms with Crippen molar-refractivity contribution in [1.29, 1.82) is 0 Å². The number of halogens is 1. The van der Waals surface area contributed by atoms with Crippen LogP contribution in [0.3, 0.4) is 0 Å². The Balaban J connectivity index is 3.40. The van der Waals surface area contributed by atoms with Crippen LogP contribution in [-0.4, -0.2) is 41.4 Å². The monoisotopic (exact) mass is 281 g/mol. The van der Waals surface area contributed by atoms with Gasteiger partial charge in [0, 0.05) is 11.9 Å². The van der Waals surface area contributed by atoms with Gasteiger partial charge in [-0.2, -0.15) is 11.8 Å². The van der Waals surface area contributed by atoms with Crippen molar-refractivity contribution in [3.8, 4) is 0 Å². The Morgan fingerprint density at radius 2 is 1.79 bits per heavy atom. The van der Waals surface area contributed by atoms with E-state index in [0.717, 1.165) is 5.33 Å². The van der Waals surface area contributed by atoms with Crippen LogP contribution in [0, 0.1) is 0 Å². The lowest BCUT2D eigenvalue weighted by Crippen LogP contribution is -2.28. The normalized spacial score (nSPS) is 11.1. The topological polar surface area (TPSA) is 3.24 Å². The summed E-state index contributed by atoms with van der Waals surface area (Å²) in [7, 11) is 0. The van der Waals surface area contributed by atoms with E-state index >= 15 is 0 Å². The molecule has 0 aromatic rings. The molecule has 0 aromatic heterocycles. The molecule has 0 N–H and O–H groups in total. The first-order valence-electron chi connectivity index (χ1n) is 5.71. The van der Waals surface area contributed by atoms with Crippen LogP contribution in [0.5, 0.6) is 0 Å². The molecule has 86 valence electrons. The zero-order valence-corrected chi connectivity index (χ0v) is 12.0. The van der Waals surface area contributed by atoms with E-state index in [4.69, 9.17) is 0 Å². The van der Waals surface area contributed by atoms with Gasteiger partial charge in [-0.25, -0.2) is 0 Å². The Hall–Kier alpha value is 0.790. The lowest BCUT2D eigenvalue weighted by Gasteiger charge is -2.20. The highest BCUT2D eigenvalue weighted by molar-refractivity contribution is 9.09. The zero-order valence-electron chi connectivity index (χ0n) is 9.60. The molecule has 0 saturated carbocycles. The summed E-state index contributed by atoms with van der Waals surface area (Å²) in [6.45, 7) is 8.26. The van der Waals surface area contributed by atoms with Crippen molar-refractivity contribution in [1.82, 2.24) is 4.90 Å². The number of hydrogen-bond donors (Lipinski definition) is 0. The van der Waals surface area contributed by atoms with Crippen LogP contribution in [0.4, 0.5) is 0 Å². The van der Waals surface area contributed by atoms with Crippen molar-refractivity contribution in [3.63, 3.8) is 0 Å². The predicted octanol–water partition coefficient (Wildman–Crippen LogP) is 3.63. The van der Waals surface area contributed by atoms with Crippen molar-refractivity contribution in [2.45, 2.75) is 33.1 Å². The van der Waals surface area contributed by atoms with Crippen LogP contribution in [0.2, 0.25) is 0 Å². The minimum absolute atomic E-state index is 1.11. The van der Waals surface area contributed by atoms with E-state index in [-0.39, 0.29) is 0 Å². The van der Waals surface area contributed by atoms with Gasteiger partial charge in [-0.15, -0.1) is 0 Å². The molecule has 0 aliphatic heterocycles. The largest absolute Gasteiger partial charge is 0.302 e. The first kappa shape index (κ1) is 14.8. The summed E-state index contributed by atoms with van der Waals surface area (Å²) in [5.41, 5.74) is 0. The van der Waals surface area contributed by atoms with E-state index in [9.17, 15) is 0 Å². The summed E-state index contributed by atoms with van der Waals surface area (Å²) in [6, 6.07) is 0. The number of nitrogens with zero attached hydrogens (tertiary/aromatic N) is 1. The van der Waals surface area contributed by atoms with Gasteiger partial charge in [0.05, 0.1) is 0 Å². The fraction of sp³-hybridized carbons (Fsp3) is 1.00. The molecule has 0 aliphatic rings. The Morgan fingerprint density at radius 1 is 1.07 bits per heavy atom. The third kappa shape index (κ3) is 9.35. The number of hydrogen-bond acceptors (Lipinski definition) is 2. The smallest absolute Gasteiger partial charge is 0.0159 e. The average molecular weight is 282 g/mol. The molecule has 0 amide bonds. The molecule has 3 heteroatoms. The summed E-state index contributed by atoms with van der Waals surface area (Å²) < 4.78 is 0. The van der Waals surface area contributed by atoms with E-state index in [1.807, 2.05) is 0 Å². The Labute approximate surface area is 102 Å². The third-order valence-corrected chi connectivity index (χ3v) is 3.54. The van der Waals surface area contributed by atoms with E-state index in [1.54, 1.807) is 0 Å². The van der Waals surface area contributed by atoms with Gasteiger partial charge in [0.2, 0.25) is 0 Å². The second kappa shape index (κ2) is 11.9. The van der Waals surface area contributed by atoms with Gasteiger partial charge < -0.3 is 4.90 Å². The van der Waals surface area contributed by atoms with E-state index in [2.05, 4.69) is 46.4 Å². The van der Waals surface area contributed by atoms with Crippen LogP contribution in [0.15, 0.2) is 0 Å². The molecule has 14 heavy (non-hydrogen) atoms. The van der Waals surface area contributed by atoms with Gasteiger partial charge >= 0.3 is 0 Å². The first-order valence-corrected chi connectivity index (χ1v) is 7.98. The number of alkyl halides is 1. The second-order valence-corrected chi connectivity index (χ2v) is 5.62. The molecule has 0 radical (unpaired) electrons. The highest BCUT2D eigenvalue weighted by Crippen LogP contribution is 2.04. The van der Waals surface area contributed by atoms with Gasteiger partial charge in [0.1, 0.15) is 0 Å². The number of unbranched alkanes of at least 4 members (excludes halogenated alkanes) is 1. The molecule has 0 bridgehead atoms. The van der Waals surface area contributed by atoms with Crippen molar-refractivity contribution >= 4 is 27.7 Å². The molecular weight excluding hydrogens is 258 g/mol. The lowest BCUT2D eigenvalue weighted by molar-refractivity contribution is 0.288. The van der Waals surface area contributed by atoms with Crippen LogP contribution in [0.1, 0.15) is 33.1 Å². The maximum absolute atomic E-state index is 3.52. The van der Waals surface area contributed by atoms with Crippen molar-refractivity contribution in [2.24, 2.45) is 0 Å². The maximum Gasteiger partial charge on any atom is 0.0159 e. The van der Waals surface area contributed by atoms with Crippen molar-refractivity contribution < 1.29 is 0 Å². The molecule has 0 fully saturated rings. The number of thioether (sulfide) groups is 1. The molecule has 1 nitrogen and oxygen atoms in total. The minimum atomic E-state index is 1.11. The van der Waals surface area contributed by atoms with Crippen LogP contribution >= 0.6 is 27.7 Å². The molecule has 0 aromatic carbocycles. The molecule has 0 heterocycles. The Bertz CT molecular complexity index is 111. The van der Waals surface area contributed by atoms with Crippen molar-refractivity contribution in [3.05, 3.63) is 0 Å². The fourth-order valence-corrected chi connectivity index (χ4v) is 2.49. The van der Waals surface area contributed by atoms with E-state index in [0.29, 0.717) is 0 Å². The fourth-order valence-electron chi connectivity index (χ4n) is 1.37. The highest BCUT2D eigenvalue weighted by Gasteiger charge is 2.02. The first-order chi connectivity index (χ1) is 6.85. The quantitative estimate of drug-likeness (QED) is 0.444. The summed E-state index contributed by atoms with van der Waals surface area (Å²) >= 11 is 5.57. The highest BCUT2D eigenvalue weighted by atomic mass is 79.9. The van der Waals surface area contributed by atoms with Crippen LogP contribution in [0.25, 0.3) is 0 Å². The maximum atomic E-state index is 3.52. The Kier molecular flexibility index (Phi) is 12.5. The molecule has 0 spiro atoms. The van der Waals surface area contributed by atoms with Crippen LogP contribution < -0.4 is 0 Å². The van der Waals surface area contributed by atoms with Gasteiger partial charge in [0.25, 0.3) is 0 Å². The van der Waals surface area contributed by atoms with Crippen molar-refractivity contribution in [2.75, 3.05) is 36.5 Å². The van der Waals surface area contributed by atoms with E-state index < -0.39 is 0 Å². The summed E-state index contributed by atoms with van der Waals surface area (Å²) in [5.74, 6) is 2.58. The molecule has 0 aliphatic carbocycles. The van der Waals surface area contributed by atoms with Gasteiger partial charge in [-0.05, 0) is 37.4 Å². The Morgan fingerprint density at radius 3 is 2.36 bits per heavy atom. The van der Waals surface area contributed by atoms with Crippen LogP contribution in [-0.2, 0) is 0 Å². The predicted molar refractivity (Wildman–Crippen MR) is 72.8 cm³/mol. The summed E-state index contributed by atoms with van der Waals surface area (Å²) in [6.07, 6.45) is 3.99. The molecule has 0 unspecified atom stereocenters. The average Bonchev–Trinajstić information content (AvgIpc) is 2.20. The second-order valence-electron chi connectivity index (χ2n) is 3.43. The summed E-state index contributed by atoms with van der Waals surface area (Å²) in [4.78, 5) is 2.58. The zero-order chi connectivity index (χ0) is 10.6. The van der Waals surface area contributed by atoms with Gasteiger partial charge in [-0.1, -0.05) is 36.2 Å².